The molecule has 1 aromatic heterocycles. The number of benzene rings is 1. The van der Waals surface area contributed by atoms with Gasteiger partial charge >= 0.3 is 0 Å². The van der Waals surface area contributed by atoms with E-state index in [9.17, 15) is 9.59 Å². The molecule has 0 spiro atoms. The highest BCUT2D eigenvalue weighted by atomic mass is 16.2. The lowest BCUT2D eigenvalue weighted by molar-refractivity contribution is 0.0460. The molecule has 0 aliphatic carbocycles. The third kappa shape index (κ3) is 1.56. The van der Waals surface area contributed by atoms with Gasteiger partial charge in [-0.2, -0.15) is 0 Å². The van der Waals surface area contributed by atoms with Crippen LogP contribution in [-0.2, 0) is 0 Å². The number of rotatable bonds is 0. The van der Waals surface area contributed by atoms with E-state index in [-0.39, 0.29) is 11.8 Å². The quantitative estimate of drug-likeness (QED) is 0.679. The summed E-state index contributed by atoms with van der Waals surface area (Å²) in [5, 5.41) is 0.667. The molecule has 1 aliphatic rings. The van der Waals surface area contributed by atoms with Crippen LogP contribution in [0.1, 0.15) is 41.5 Å². The third-order valence-electron chi connectivity index (χ3n) is 3.30. The fourth-order valence-electron chi connectivity index (χ4n) is 2.51. The van der Waals surface area contributed by atoms with Crippen molar-refractivity contribution in [2.75, 3.05) is 0 Å². The summed E-state index contributed by atoms with van der Waals surface area (Å²) in [7, 11) is 0. The predicted molar refractivity (Wildman–Crippen MR) is 72.0 cm³/mol. The summed E-state index contributed by atoms with van der Waals surface area (Å²) in [6, 6.07) is 7.04. The molecule has 1 aromatic carbocycles. The summed E-state index contributed by atoms with van der Waals surface area (Å²) in [6.07, 6.45) is 1.61. The molecule has 1 aliphatic heterocycles. The molecule has 4 nitrogen and oxygen atoms in total. The average Bonchev–Trinajstić information content (AvgIpc) is 2.34. The zero-order chi connectivity index (χ0) is 13.8. The number of hydrogen-bond donors (Lipinski definition) is 0. The zero-order valence-corrected chi connectivity index (χ0v) is 11.1. The molecule has 0 saturated carbocycles. The molecule has 0 atom stereocenters. The molecule has 0 unspecified atom stereocenters. The lowest BCUT2D eigenvalue weighted by Gasteiger charge is -2.36. The number of carbonyl (C=O) groups is 2. The Morgan fingerprint density at radius 3 is 2.26 bits per heavy atom. The molecule has 4 heteroatoms. The lowest BCUT2D eigenvalue weighted by Crippen LogP contribution is -2.51. The molecular formula is C15H14N2O2. The van der Waals surface area contributed by atoms with E-state index in [1.165, 1.54) is 4.90 Å². The Kier molecular flexibility index (Phi) is 2.26. The van der Waals surface area contributed by atoms with Crippen molar-refractivity contribution in [3.8, 4) is 0 Å². The van der Waals surface area contributed by atoms with Crippen LogP contribution < -0.4 is 0 Å². The molecule has 2 amide bonds. The van der Waals surface area contributed by atoms with Crippen LogP contribution in [-0.4, -0.2) is 27.2 Å². The molecule has 0 saturated heterocycles. The van der Waals surface area contributed by atoms with Crippen molar-refractivity contribution < 1.29 is 9.59 Å². The minimum Gasteiger partial charge on any atom is -0.269 e. The Balaban J connectivity index is 2.38. The Bertz CT molecular complexity index is 663. The van der Waals surface area contributed by atoms with Gasteiger partial charge in [0.15, 0.2) is 0 Å². The normalized spacial score (nSPS) is 15.2. The van der Waals surface area contributed by atoms with Gasteiger partial charge in [-0.1, -0.05) is 6.07 Å². The lowest BCUT2D eigenvalue weighted by atomic mass is 9.93. The molecular weight excluding hydrogens is 240 g/mol. The van der Waals surface area contributed by atoms with Crippen LogP contribution in [0.3, 0.4) is 0 Å². The number of nitrogens with zero attached hydrogens (tertiary/aromatic N) is 2. The average molecular weight is 254 g/mol. The first-order chi connectivity index (χ1) is 8.91. The summed E-state index contributed by atoms with van der Waals surface area (Å²) < 4.78 is 0. The van der Waals surface area contributed by atoms with Gasteiger partial charge in [0.1, 0.15) is 0 Å². The van der Waals surface area contributed by atoms with E-state index < -0.39 is 5.54 Å². The van der Waals surface area contributed by atoms with Gasteiger partial charge in [-0.25, -0.2) is 0 Å². The first-order valence-electron chi connectivity index (χ1n) is 6.18. The van der Waals surface area contributed by atoms with Crippen LogP contribution in [0.5, 0.6) is 0 Å². The smallest absolute Gasteiger partial charge is 0.261 e. The second-order valence-electron chi connectivity index (χ2n) is 5.67. The fraction of sp³-hybridized carbons (Fsp3) is 0.267. The molecule has 0 N–H and O–H groups in total. The monoisotopic (exact) mass is 254 g/mol. The Morgan fingerprint density at radius 1 is 1.00 bits per heavy atom. The van der Waals surface area contributed by atoms with E-state index in [0.717, 1.165) is 0 Å². The minimum atomic E-state index is -0.544. The van der Waals surface area contributed by atoms with Crippen LogP contribution in [0, 0.1) is 0 Å². The van der Waals surface area contributed by atoms with Gasteiger partial charge in [-0.3, -0.25) is 19.5 Å². The topological polar surface area (TPSA) is 50.3 Å². The van der Waals surface area contributed by atoms with E-state index in [1.807, 2.05) is 26.8 Å². The first kappa shape index (κ1) is 11.8. The number of pyridine rings is 1. The van der Waals surface area contributed by atoms with Gasteiger partial charge in [0, 0.05) is 17.1 Å². The van der Waals surface area contributed by atoms with Crippen molar-refractivity contribution in [1.29, 1.82) is 0 Å². The molecule has 19 heavy (non-hydrogen) atoms. The van der Waals surface area contributed by atoms with E-state index in [1.54, 1.807) is 24.4 Å². The third-order valence-corrected chi connectivity index (χ3v) is 3.30. The number of amides is 2. The molecule has 96 valence electrons. The molecule has 2 heterocycles. The summed E-state index contributed by atoms with van der Waals surface area (Å²) in [4.78, 5) is 30.6. The van der Waals surface area contributed by atoms with E-state index in [0.29, 0.717) is 22.0 Å². The van der Waals surface area contributed by atoms with Crippen molar-refractivity contribution in [3.05, 3.63) is 41.6 Å². The van der Waals surface area contributed by atoms with Crippen LogP contribution in [0.2, 0.25) is 0 Å². The standard InChI is InChI=1S/C15H14N2O2/c1-15(2,3)17-13(18)9-5-4-6-11-12(9)10(14(17)19)7-8-16-11/h4-8H,1-3H3. The summed E-state index contributed by atoms with van der Waals surface area (Å²) in [5.41, 5.74) is 1.24. The Labute approximate surface area is 111 Å². The summed E-state index contributed by atoms with van der Waals surface area (Å²) in [6.45, 7) is 5.57. The number of aromatic nitrogens is 1. The SMILES string of the molecule is CC(C)(C)N1C(=O)c2cccc3nccc(c23)C1=O. The molecule has 0 fully saturated rings. The van der Waals surface area contributed by atoms with Crippen molar-refractivity contribution in [2.45, 2.75) is 26.3 Å². The van der Waals surface area contributed by atoms with E-state index >= 15 is 0 Å². The zero-order valence-electron chi connectivity index (χ0n) is 11.1. The summed E-state index contributed by atoms with van der Waals surface area (Å²) >= 11 is 0. The van der Waals surface area contributed by atoms with Crippen molar-refractivity contribution in [3.63, 3.8) is 0 Å². The van der Waals surface area contributed by atoms with E-state index in [4.69, 9.17) is 0 Å². The van der Waals surface area contributed by atoms with Crippen LogP contribution in [0.4, 0.5) is 0 Å². The maximum atomic E-state index is 12.5. The molecule has 0 radical (unpaired) electrons. The van der Waals surface area contributed by atoms with E-state index in [2.05, 4.69) is 4.98 Å². The maximum Gasteiger partial charge on any atom is 0.261 e. The van der Waals surface area contributed by atoms with Gasteiger partial charge in [-0.15, -0.1) is 0 Å². The first-order valence-corrected chi connectivity index (χ1v) is 6.18. The minimum absolute atomic E-state index is 0.247. The maximum absolute atomic E-state index is 12.5. The Morgan fingerprint density at radius 2 is 1.63 bits per heavy atom. The number of imide groups is 1. The van der Waals surface area contributed by atoms with Gasteiger partial charge in [0.05, 0.1) is 16.6 Å². The highest BCUT2D eigenvalue weighted by Crippen LogP contribution is 2.32. The summed E-state index contributed by atoms with van der Waals surface area (Å²) in [5.74, 6) is -0.493. The van der Waals surface area contributed by atoms with Gasteiger partial charge in [-0.05, 0) is 39.0 Å². The van der Waals surface area contributed by atoms with Gasteiger partial charge in [0.25, 0.3) is 11.8 Å². The highest BCUT2D eigenvalue weighted by molar-refractivity contribution is 6.25. The van der Waals surface area contributed by atoms with Crippen LogP contribution in [0.15, 0.2) is 30.5 Å². The second-order valence-corrected chi connectivity index (χ2v) is 5.67. The largest absolute Gasteiger partial charge is 0.269 e. The van der Waals surface area contributed by atoms with Crippen LogP contribution in [0.25, 0.3) is 10.9 Å². The van der Waals surface area contributed by atoms with Gasteiger partial charge < -0.3 is 0 Å². The second kappa shape index (κ2) is 3.63. The fourth-order valence-corrected chi connectivity index (χ4v) is 2.51. The van der Waals surface area contributed by atoms with Crippen molar-refractivity contribution in [1.82, 2.24) is 9.88 Å². The molecule has 2 aromatic rings. The Hall–Kier alpha value is -2.23. The highest BCUT2D eigenvalue weighted by Gasteiger charge is 2.39. The van der Waals surface area contributed by atoms with Crippen molar-refractivity contribution in [2.24, 2.45) is 0 Å². The number of carbonyl (C=O) groups excluding carboxylic acids is 2. The molecule has 3 rings (SSSR count). The molecule has 0 bridgehead atoms. The van der Waals surface area contributed by atoms with Gasteiger partial charge in [0.2, 0.25) is 0 Å². The van der Waals surface area contributed by atoms with Crippen molar-refractivity contribution >= 4 is 22.7 Å². The predicted octanol–water partition coefficient (Wildman–Crippen LogP) is 2.63. The van der Waals surface area contributed by atoms with Crippen LogP contribution >= 0.6 is 0 Å². The number of hydrogen-bond acceptors (Lipinski definition) is 3.